The first-order valence-corrected chi connectivity index (χ1v) is 6.28. The first-order valence-electron chi connectivity index (χ1n) is 5.49. The monoisotopic (exact) mass is 309 g/mol. The van der Waals surface area contributed by atoms with Gasteiger partial charge >= 0.3 is 0 Å². The van der Waals surface area contributed by atoms with E-state index in [4.69, 9.17) is 10.5 Å². The fraction of sp³-hybridized carbons (Fsp3) is 0.143. The number of rotatable bonds is 3. The van der Waals surface area contributed by atoms with E-state index in [-0.39, 0.29) is 5.82 Å². The normalized spacial score (nSPS) is 10.4. The van der Waals surface area contributed by atoms with Crippen LogP contribution >= 0.6 is 15.9 Å². The zero-order chi connectivity index (χ0) is 13.1. The molecule has 2 N–H and O–H groups in total. The lowest BCUT2D eigenvalue weighted by atomic mass is 10.2. The van der Waals surface area contributed by atoms with Crippen LogP contribution in [0.5, 0.6) is 5.75 Å². The van der Waals surface area contributed by atoms with Crippen LogP contribution in [0.3, 0.4) is 0 Å². The van der Waals surface area contributed by atoms with Crippen molar-refractivity contribution >= 4 is 21.6 Å². The Morgan fingerprint density at radius 1 is 1.22 bits per heavy atom. The summed E-state index contributed by atoms with van der Waals surface area (Å²) in [5, 5.41) is 0. The summed E-state index contributed by atoms with van der Waals surface area (Å²) in [5.41, 5.74) is 8.11. The molecule has 0 radical (unpaired) electrons. The molecule has 0 fully saturated rings. The van der Waals surface area contributed by atoms with Gasteiger partial charge in [-0.1, -0.05) is 22.0 Å². The first kappa shape index (κ1) is 12.9. The minimum Gasteiger partial charge on any atom is -0.489 e. The van der Waals surface area contributed by atoms with Crippen LogP contribution in [0.25, 0.3) is 0 Å². The molecule has 0 bridgehead atoms. The topological polar surface area (TPSA) is 35.2 Å². The Morgan fingerprint density at radius 2 is 2.00 bits per heavy atom. The minimum absolute atomic E-state index is 0.277. The smallest absolute Gasteiger partial charge is 0.124 e. The van der Waals surface area contributed by atoms with Crippen molar-refractivity contribution in [1.29, 1.82) is 0 Å². The molecule has 0 spiro atoms. The standard InChI is InChI=1S/C14H13BrFNO/c1-9-2-4-12(17)7-14(9)18-8-10-6-11(16)3-5-13(10)15/h2-7H,8,17H2,1H3. The van der Waals surface area contributed by atoms with Gasteiger partial charge in [0.2, 0.25) is 0 Å². The van der Waals surface area contributed by atoms with Crippen molar-refractivity contribution in [2.75, 3.05) is 5.73 Å². The van der Waals surface area contributed by atoms with E-state index in [1.165, 1.54) is 12.1 Å². The quantitative estimate of drug-likeness (QED) is 0.868. The van der Waals surface area contributed by atoms with E-state index < -0.39 is 0 Å². The minimum atomic E-state index is -0.277. The zero-order valence-corrected chi connectivity index (χ0v) is 11.5. The second-order valence-electron chi connectivity index (χ2n) is 4.05. The summed E-state index contributed by atoms with van der Waals surface area (Å²) in [5.74, 6) is 0.437. The van der Waals surface area contributed by atoms with Crippen molar-refractivity contribution in [2.45, 2.75) is 13.5 Å². The van der Waals surface area contributed by atoms with Gasteiger partial charge in [0.1, 0.15) is 18.2 Å². The SMILES string of the molecule is Cc1ccc(N)cc1OCc1cc(F)ccc1Br. The molecule has 2 aromatic carbocycles. The van der Waals surface area contributed by atoms with E-state index in [0.717, 1.165) is 15.6 Å². The van der Waals surface area contributed by atoms with Crippen LogP contribution < -0.4 is 10.5 Å². The van der Waals surface area contributed by atoms with Crippen molar-refractivity contribution in [3.05, 3.63) is 57.8 Å². The molecule has 4 heteroatoms. The maximum absolute atomic E-state index is 13.1. The van der Waals surface area contributed by atoms with Crippen LogP contribution in [0.15, 0.2) is 40.9 Å². The van der Waals surface area contributed by atoms with Gasteiger partial charge in [-0.2, -0.15) is 0 Å². The number of nitrogens with two attached hydrogens (primary N) is 1. The third-order valence-corrected chi connectivity index (χ3v) is 3.38. The molecule has 18 heavy (non-hydrogen) atoms. The van der Waals surface area contributed by atoms with E-state index in [1.807, 2.05) is 19.1 Å². The Morgan fingerprint density at radius 3 is 2.78 bits per heavy atom. The average Bonchev–Trinajstić information content (AvgIpc) is 2.34. The maximum Gasteiger partial charge on any atom is 0.124 e. The van der Waals surface area contributed by atoms with E-state index >= 15 is 0 Å². The molecular weight excluding hydrogens is 297 g/mol. The number of nitrogen functional groups attached to an aromatic ring is 1. The Hall–Kier alpha value is -1.55. The van der Waals surface area contributed by atoms with Crippen molar-refractivity contribution in [2.24, 2.45) is 0 Å². The van der Waals surface area contributed by atoms with Gasteiger partial charge < -0.3 is 10.5 Å². The van der Waals surface area contributed by atoms with Crippen LogP contribution in [-0.4, -0.2) is 0 Å². The van der Waals surface area contributed by atoms with E-state index in [1.54, 1.807) is 12.1 Å². The number of halogens is 2. The molecule has 0 atom stereocenters. The van der Waals surface area contributed by atoms with Gasteiger partial charge in [-0.05, 0) is 36.8 Å². The maximum atomic E-state index is 13.1. The third-order valence-electron chi connectivity index (χ3n) is 2.60. The largest absolute Gasteiger partial charge is 0.489 e. The number of ether oxygens (including phenoxy) is 1. The Kier molecular flexibility index (Phi) is 3.87. The lowest BCUT2D eigenvalue weighted by molar-refractivity contribution is 0.303. The predicted molar refractivity (Wildman–Crippen MR) is 74.0 cm³/mol. The van der Waals surface area contributed by atoms with Crippen molar-refractivity contribution < 1.29 is 9.13 Å². The number of hydrogen-bond acceptors (Lipinski definition) is 2. The molecule has 2 aromatic rings. The summed E-state index contributed by atoms with van der Waals surface area (Å²) >= 11 is 3.37. The van der Waals surface area contributed by atoms with Gasteiger partial charge in [-0.15, -0.1) is 0 Å². The molecule has 2 rings (SSSR count). The molecule has 0 heterocycles. The second kappa shape index (κ2) is 5.40. The third kappa shape index (κ3) is 3.01. The zero-order valence-electron chi connectivity index (χ0n) is 9.91. The molecule has 94 valence electrons. The molecular formula is C14H13BrFNO. The summed E-state index contributed by atoms with van der Waals surface area (Å²) in [6.07, 6.45) is 0. The van der Waals surface area contributed by atoms with Gasteiger partial charge in [0.05, 0.1) is 0 Å². The molecule has 0 aliphatic carbocycles. The lowest BCUT2D eigenvalue weighted by Gasteiger charge is -2.11. The first-order chi connectivity index (χ1) is 8.56. The van der Waals surface area contributed by atoms with Crippen molar-refractivity contribution in [3.63, 3.8) is 0 Å². The van der Waals surface area contributed by atoms with E-state index in [9.17, 15) is 4.39 Å². The fourth-order valence-electron chi connectivity index (χ4n) is 1.58. The fourth-order valence-corrected chi connectivity index (χ4v) is 1.94. The molecule has 0 aromatic heterocycles. The second-order valence-corrected chi connectivity index (χ2v) is 4.90. The van der Waals surface area contributed by atoms with Crippen LogP contribution in [0.2, 0.25) is 0 Å². The van der Waals surface area contributed by atoms with Crippen molar-refractivity contribution in [1.82, 2.24) is 0 Å². The Bertz CT molecular complexity index is 520. The molecule has 2 nitrogen and oxygen atoms in total. The van der Waals surface area contributed by atoms with Gasteiger partial charge in [-0.25, -0.2) is 4.39 Å². The highest BCUT2D eigenvalue weighted by atomic mass is 79.9. The highest BCUT2D eigenvalue weighted by Crippen LogP contribution is 2.24. The summed E-state index contributed by atoms with van der Waals surface area (Å²) < 4.78 is 19.6. The summed E-state index contributed by atoms with van der Waals surface area (Å²) in [7, 11) is 0. The Balaban J connectivity index is 2.16. The van der Waals surface area contributed by atoms with Crippen molar-refractivity contribution in [3.8, 4) is 5.75 Å². The molecule has 0 saturated heterocycles. The highest BCUT2D eigenvalue weighted by molar-refractivity contribution is 9.10. The average molecular weight is 310 g/mol. The Labute approximate surface area is 114 Å². The molecule has 0 aliphatic heterocycles. The van der Waals surface area contributed by atoms with Gasteiger partial charge in [0.15, 0.2) is 0 Å². The molecule has 0 amide bonds. The van der Waals surface area contributed by atoms with Crippen LogP contribution in [-0.2, 0) is 6.61 Å². The van der Waals surface area contributed by atoms with Crippen LogP contribution in [0, 0.1) is 12.7 Å². The number of hydrogen-bond donors (Lipinski definition) is 1. The predicted octanol–water partition coefficient (Wildman–Crippen LogP) is 4.06. The lowest BCUT2D eigenvalue weighted by Crippen LogP contribution is -1.99. The summed E-state index contributed by atoms with van der Waals surface area (Å²) in [6.45, 7) is 2.23. The van der Waals surface area contributed by atoms with Crippen LogP contribution in [0.4, 0.5) is 10.1 Å². The number of benzene rings is 2. The number of anilines is 1. The van der Waals surface area contributed by atoms with E-state index in [2.05, 4.69) is 15.9 Å². The summed E-state index contributed by atoms with van der Waals surface area (Å²) in [4.78, 5) is 0. The highest BCUT2D eigenvalue weighted by Gasteiger charge is 2.05. The number of aryl methyl sites for hydroxylation is 1. The van der Waals surface area contributed by atoms with Gasteiger partial charge in [-0.3, -0.25) is 0 Å². The summed E-state index contributed by atoms with van der Waals surface area (Å²) in [6, 6.07) is 10.00. The molecule has 0 aliphatic rings. The molecule has 0 unspecified atom stereocenters. The molecule has 0 saturated carbocycles. The van der Waals surface area contributed by atoms with Gasteiger partial charge in [0.25, 0.3) is 0 Å². The van der Waals surface area contributed by atoms with Gasteiger partial charge in [0, 0.05) is 21.8 Å². The van der Waals surface area contributed by atoms with Crippen LogP contribution in [0.1, 0.15) is 11.1 Å². The van der Waals surface area contributed by atoms with E-state index in [0.29, 0.717) is 18.0 Å².